The molecule has 3 rings (SSSR count). The zero-order valence-corrected chi connectivity index (χ0v) is 13.3. The third-order valence-electron chi connectivity index (χ3n) is 3.69. The van der Waals surface area contributed by atoms with Crippen molar-refractivity contribution >= 4 is 27.4 Å². The van der Waals surface area contributed by atoms with Gasteiger partial charge in [-0.3, -0.25) is 4.40 Å². The highest BCUT2D eigenvalue weighted by atomic mass is 79.9. The number of imidazole rings is 1. The number of nitrogen functional groups attached to an aromatic ring is 1. The van der Waals surface area contributed by atoms with E-state index in [2.05, 4.69) is 48.0 Å². The van der Waals surface area contributed by atoms with Crippen molar-refractivity contribution in [3.05, 3.63) is 51.6 Å². The molecule has 0 fully saturated rings. The van der Waals surface area contributed by atoms with E-state index >= 15 is 0 Å². The molecule has 0 saturated heterocycles. The standard InChI is InChI=1S/C16H16BrN3/c1-9-4-5-12(6-10(9)2)14-15(18)20-8-13(17)7-11(3)16(20)19-14/h4-8H,18H2,1-3H3. The molecule has 2 aromatic heterocycles. The van der Waals surface area contributed by atoms with Crippen molar-refractivity contribution in [2.75, 3.05) is 5.73 Å². The summed E-state index contributed by atoms with van der Waals surface area (Å²) in [5.74, 6) is 0.674. The number of aryl methyl sites for hydroxylation is 3. The van der Waals surface area contributed by atoms with Crippen LogP contribution in [0, 0.1) is 20.8 Å². The molecular weight excluding hydrogens is 314 g/mol. The molecule has 0 bridgehead atoms. The third-order valence-corrected chi connectivity index (χ3v) is 4.12. The molecule has 2 N–H and O–H groups in total. The number of fused-ring (bicyclic) bond motifs is 1. The highest BCUT2D eigenvalue weighted by Crippen LogP contribution is 2.30. The summed E-state index contributed by atoms with van der Waals surface area (Å²) >= 11 is 3.50. The Balaban J connectivity index is 2.29. The molecule has 20 heavy (non-hydrogen) atoms. The maximum Gasteiger partial charge on any atom is 0.142 e. The summed E-state index contributed by atoms with van der Waals surface area (Å²) in [6.07, 6.45) is 1.95. The summed E-state index contributed by atoms with van der Waals surface area (Å²) < 4.78 is 2.93. The Labute approximate surface area is 126 Å². The number of hydrogen-bond donors (Lipinski definition) is 1. The van der Waals surface area contributed by atoms with Gasteiger partial charge < -0.3 is 5.73 Å². The number of nitrogens with zero attached hydrogens (tertiary/aromatic N) is 2. The molecular formula is C16H16BrN3. The maximum atomic E-state index is 6.28. The van der Waals surface area contributed by atoms with Crippen molar-refractivity contribution in [2.24, 2.45) is 0 Å². The Morgan fingerprint density at radius 1 is 1.05 bits per heavy atom. The van der Waals surface area contributed by atoms with Gasteiger partial charge in [0.05, 0.1) is 0 Å². The van der Waals surface area contributed by atoms with E-state index in [0.717, 1.165) is 26.9 Å². The van der Waals surface area contributed by atoms with Gasteiger partial charge in [0.1, 0.15) is 17.2 Å². The molecule has 102 valence electrons. The fourth-order valence-corrected chi connectivity index (χ4v) is 2.94. The maximum absolute atomic E-state index is 6.28. The molecule has 2 heterocycles. The minimum atomic E-state index is 0.674. The predicted molar refractivity (Wildman–Crippen MR) is 87.0 cm³/mol. The minimum Gasteiger partial charge on any atom is -0.383 e. The van der Waals surface area contributed by atoms with Gasteiger partial charge in [-0.25, -0.2) is 4.98 Å². The number of nitrogens with two attached hydrogens (primary N) is 1. The molecule has 0 radical (unpaired) electrons. The molecule has 0 amide bonds. The van der Waals surface area contributed by atoms with Gasteiger partial charge in [0, 0.05) is 16.2 Å². The van der Waals surface area contributed by atoms with Crippen molar-refractivity contribution in [3.63, 3.8) is 0 Å². The van der Waals surface area contributed by atoms with E-state index < -0.39 is 0 Å². The average Bonchev–Trinajstić information content (AvgIpc) is 2.71. The van der Waals surface area contributed by atoms with Gasteiger partial charge in [0.15, 0.2) is 0 Å². The molecule has 3 nitrogen and oxygen atoms in total. The van der Waals surface area contributed by atoms with Crippen LogP contribution in [-0.2, 0) is 0 Å². The topological polar surface area (TPSA) is 43.3 Å². The number of aromatic nitrogens is 2. The van der Waals surface area contributed by atoms with E-state index in [9.17, 15) is 0 Å². The first-order chi connectivity index (χ1) is 9.47. The summed E-state index contributed by atoms with van der Waals surface area (Å²) in [6.45, 7) is 6.25. The van der Waals surface area contributed by atoms with Crippen LogP contribution in [0.3, 0.4) is 0 Å². The quantitative estimate of drug-likeness (QED) is 0.724. The zero-order valence-electron chi connectivity index (χ0n) is 11.7. The van der Waals surface area contributed by atoms with Crippen LogP contribution in [0.25, 0.3) is 16.9 Å². The largest absolute Gasteiger partial charge is 0.383 e. The van der Waals surface area contributed by atoms with Crippen molar-refractivity contribution in [1.29, 1.82) is 0 Å². The van der Waals surface area contributed by atoms with Crippen LogP contribution in [0.15, 0.2) is 34.9 Å². The fourth-order valence-electron chi connectivity index (χ4n) is 2.39. The summed E-state index contributed by atoms with van der Waals surface area (Å²) in [7, 11) is 0. The van der Waals surface area contributed by atoms with E-state index in [1.165, 1.54) is 11.1 Å². The first kappa shape index (κ1) is 13.2. The fraction of sp³-hybridized carbons (Fsp3) is 0.188. The number of pyridine rings is 1. The average molecular weight is 330 g/mol. The molecule has 0 aliphatic carbocycles. The number of benzene rings is 1. The predicted octanol–water partition coefficient (Wildman–Crippen LogP) is 4.27. The molecule has 0 aliphatic rings. The lowest BCUT2D eigenvalue weighted by atomic mass is 10.0. The second kappa shape index (κ2) is 4.63. The summed E-state index contributed by atoms with van der Waals surface area (Å²) in [6, 6.07) is 8.37. The molecule has 4 heteroatoms. The zero-order chi connectivity index (χ0) is 14.4. The summed E-state index contributed by atoms with van der Waals surface area (Å²) in [5.41, 5.74) is 12.7. The highest BCUT2D eigenvalue weighted by Gasteiger charge is 2.13. The van der Waals surface area contributed by atoms with Crippen LogP contribution >= 0.6 is 15.9 Å². The number of hydrogen-bond acceptors (Lipinski definition) is 2. The molecule has 3 aromatic rings. The Kier molecular flexibility index (Phi) is 3.05. The van der Waals surface area contributed by atoms with Crippen molar-refractivity contribution in [1.82, 2.24) is 9.38 Å². The van der Waals surface area contributed by atoms with Gasteiger partial charge in [0.25, 0.3) is 0 Å². The SMILES string of the molecule is Cc1ccc(-c2nc3c(C)cc(Br)cn3c2N)cc1C. The Hall–Kier alpha value is -1.81. The smallest absolute Gasteiger partial charge is 0.142 e. The van der Waals surface area contributed by atoms with E-state index in [0.29, 0.717) is 5.82 Å². The van der Waals surface area contributed by atoms with Gasteiger partial charge in [-0.1, -0.05) is 12.1 Å². The van der Waals surface area contributed by atoms with Crippen molar-refractivity contribution in [3.8, 4) is 11.3 Å². The lowest BCUT2D eigenvalue weighted by Crippen LogP contribution is -1.95. The lowest BCUT2D eigenvalue weighted by molar-refractivity contribution is 1.16. The van der Waals surface area contributed by atoms with E-state index in [1.54, 1.807) is 0 Å². The molecule has 0 spiro atoms. The van der Waals surface area contributed by atoms with Crippen LogP contribution in [0.2, 0.25) is 0 Å². The van der Waals surface area contributed by atoms with Gasteiger partial charge in [0.2, 0.25) is 0 Å². The van der Waals surface area contributed by atoms with Crippen LogP contribution in [-0.4, -0.2) is 9.38 Å². The normalized spacial score (nSPS) is 11.2. The lowest BCUT2D eigenvalue weighted by Gasteiger charge is -2.04. The monoisotopic (exact) mass is 329 g/mol. The third kappa shape index (κ3) is 2.00. The Morgan fingerprint density at radius 2 is 1.80 bits per heavy atom. The molecule has 0 unspecified atom stereocenters. The van der Waals surface area contributed by atoms with Crippen LogP contribution in [0.5, 0.6) is 0 Å². The van der Waals surface area contributed by atoms with Gasteiger partial charge in [-0.2, -0.15) is 0 Å². The van der Waals surface area contributed by atoms with Crippen LogP contribution in [0.1, 0.15) is 16.7 Å². The van der Waals surface area contributed by atoms with E-state index in [-0.39, 0.29) is 0 Å². The van der Waals surface area contributed by atoms with Crippen molar-refractivity contribution in [2.45, 2.75) is 20.8 Å². The Morgan fingerprint density at radius 3 is 2.50 bits per heavy atom. The summed E-state index contributed by atoms with van der Waals surface area (Å²) in [5, 5.41) is 0. The second-order valence-corrected chi connectivity index (χ2v) is 6.10. The molecule has 0 aliphatic heterocycles. The number of halogens is 1. The van der Waals surface area contributed by atoms with Gasteiger partial charge in [-0.15, -0.1) is 0 Å². The van der Waals surface area contributed by atoms with Gasteiger partial charge >= 0.3 is 0 Å². The molecule has 0 atom stereocenters. The molecule has 1 aromatic carbocycles. The molecule has 0 saturated carbocycles. The van der Waals surface area contributed by atoms with Crippen LogP contribution in [0.4, 0.5) is 5.82 Å². The first-order valence-corrected chi connectivity index (χ1v) is 7.28. The number of anilines is 1. The van der Waals surface area contributed by atoms with E-state index in [1.807, 2.05) is 23.6 Å². The minimum absolute atomic E-state index is 0.674. The van der Waals surface area contributed by atoms with Crippen molar-refractivity contribution < 1.29 is 0 Å². The number of rotatable bonds is 1. The van der Waals surface area contributed by atoms with E-state index in [4.69, 9.17) is 10.7 Å². The highest BCUT2D eigenvalue weighted by molar-refractivity contribution is 9.10. The first-order valence-electron chi connectivity index (χ1n) is 6.48. The van der Waals surface area contributed by atoms with Crippen LogP contribution < -0.4 is 5.73 Å². The van der Waals surface area contributed by atoms with Gasteiger partial charge in [-0.05, 0) is 65.5 Å². The Bertz CT molecular complexity index is 818. The summed E-state index contributed by atoms with van der Waals surface area (Å²) in [4.78, 5) is 4.71. The second-order valence-electron chi connectivity index (χ2n) is 5.18.